The minimum absolute atomic E-state index is 0.0604. The first kappa shape index (κ1) is 84.5. The summed E-state index contributed by atoms with van der Waals surface area (Å²) in [6.07, 6.45) is -0.964. The fourth-order valence-electron chi connectivity index (χ4n) is 13.9. The number of hydrogen-bond acceptors (Lipinski definition) is 16. The molecule has 0 aromatic heterocycles. The maximum atomic E-state index is 15.2. The van der Waals surface area contributed by atoms with E-state index in [1.807, 2.05) is 77.2 Å². The van der Waals surface area contributed by atoms with Gasteiger partial charge < -0.3 is 86.1 Å². The molecule has 9 amide bonds. The Balaban J connectivity index is 0.00000287. The number of aliphatic carboxylic acids is 1. The van der Waals surface area contributed by atoms with E-state index in [0.717, 1.165) is 36.0 Å². The number of fused-ring (bicyclic) bond motifs is 2. The molecule has 5 rings (SSSR count). The molecule has 29 heteroatoms. The number of rotatable bonds is 35. The zero-order valence-corrected chi connectivity index (χ0v) is 60.8. The van der Waals surface area contributed by atoms with E-state index in [1.54, 1.807) is 71.6 Å². The van der Waals surface area contributed by atoms with E-state index in [4.69, 9.17) is 34.6 Å². The molecule has 0 radical (unpaired) electrons. The number of nitrogens with zero attached hydrogens (tertiary/aromatic N) is 3. The number of carboxylic acids is 1. The zero-order valence-electron chi connectivity index (χ0n) is 60.8. The smallest absolute Gasteiger partial charge is 0.430 e. The van der Waals surface area contributed by atoms with Crippen molar-refractivity contribution in [1.82, 2.24) is 41.7 Å². The molecule has 2 aromatic carbocycles. The van der Waals surface area contributed by atoms with Gasteiger partial charge in [-0.2, -0.15) is 13.2 Å². The Bertz CT molecular complexity index is 3100. The van der Waals surface area contributed by atoms with Crippen LogP contribution in [0.4, 0.5) is 28.4 Å². The van der Waals surface area contributed by atoms with Gasteiger partial charge >= 0.3 is 24.3 Å². The molecule has 3 aliphatic rings. The average Bonchev–Trinajstić information content (AvgIpc) is 1.57. The normalized spacial score (nSPS) is 20.7. The number of ether oxygens (including phenoxy) is 4. The van der Waals surface area contributed by atoms with Crippen molar-refractivity contribution < 1.29 is 89.7 Å². The predicted octanol–water partition coefficient (Wildman–Crippen LogP) is 5.14. The lowest BCUT2D eigenvalue weighted by Crippen LogP contribution is -2.64. The molecule has 2 bridgehead atoms. The molecule has 26 nitrogen and oxygen atoms in total. The van der Waals surface area contributed by atoms with Gasteiger partial charge in [0.05, 0.1) is 49.7 Å². The summed E-state index contributed by atoms with van der Waals surface area (Å²) in [5, 5.41) is 29.1. The first-order chi connectivity index (χ1) is 46.9. The van der Waals surface area contributed by atoms with Crippen LogP contribution in [-0.2, 0) is 76.8 Å². The Labute approximate surface area is 586 Å². The van der Waals surface area contributed by atoms with Crippen LogP contribution in [0.3, 0.4) is 0 Å². The molecule has 2 heterocycles. The van der Waals surface area contributed by atoms with E-state index >= 15 is 9.59 Å². The average molecular weight is 1410 g/mol. The van der Waals surface area contributed by atoms with Crippen LogP contribution in [0.2, 0.25) is 0 Å². The Morgan fingerprint density at radius 3 is 2.04 bits per heavy atom. The van der Waals surface area contributed by atoms with Gasteiger partial charge in [0, 0.05) is 70.9 Å². The second-order valence-electron chi connectivity index (χ2n) is 28.3. The standard InChI is InChI=1S/C69H109N11O13.C2HF3O2/c1-17-34-92-68(89)77-56(41(3)4)63(84)74-51(26-22-32-72-67(70)88)62(83)73-49-30-28-47(48(36-49)39-71-12)40-80(14)50-31-29-46(37-50)59(80)64(85)76-57(42(5)6)65(86)78(13)58(43(7)18-2)54(90-15)38-55(81)79-33-23-27-53(79)60(91-16)44(8)61(82)75-52(66(87)93-69(9,10)11)35-45-24-20-19-21-25-45;3-2(4,5)1(6)7/h17,19-21,24-25,28,30,36,41-44,46,50-54,56-60,71H,1,18,22-23,26-27,29,31-35,37-40H2,2-16H3,(H7-,70,72,73,74,75,76,77,82,83,84,85,88,89);(H,6,7)/t43-,44+,46-,50+,51-,52-,53-,54+,56-,57-,58-,59-,60+,80?;/m0./s1. The number of benzene rings is 2. The van der Waals surface area contributed by atoms with Gasteiger partial charge in [0.1, 0.15) is 48.9 Å². The van der Waals surface area contributed by atoms with Gasteiger partial charge in [0.25, 0.3) is 5.91 Å². The maximum Gasteiger partial charge on any atom is 0.430 e. The summed E-state index contributed by atoms with van der Waals surface area (Å²) in [4.78, 5) is 137. The number of methoxy groups -OCH3 is 2. The highest BCUT2D eigenvalue weighted by molar-refractivity contribution is 5.98. The second-order valence-corrected chi connectivity index (χ2v) is 28.3. The van der Waals surface area contributed by atoms with Crippen molar-refractivity contribution in [2.45, 2.75) is 219 Å². The monoisotopic (exact) mass is 1410 g/mol. The highest BCUT2D eigenvalue weighted by atomic mass is 19.4. The summed E-state index contributed by atoms with van der Waals surface area (Å²) in [6.45, 7) is 23.4. The maximum absolute atomic E-state index is 15.2. The molecule has 1 aliphatic carbocycles. The Morgan fingerprint density at radius 1 is 0.840 bits per heavy atom. The summed E-state index contributed by atoms with van der Waals surface area (Å²) in [7, 11) is 8.73. The summed E-state index contributed by atoms with van der Waals surface area (Å²) < 4.78 is 55.0. The Hall–Kier alpha value is -7.89. The third kappa shape index (κ3) is 24.2. The van der Waals surface area contributed by atoms with Gasteiger partial charge in [0.2, 0.25) is 29.5 Å². The van der Waals surface area contributed by atoms with E-state index in [9.17, 15) is 46.7 Å². The highest BCUT2D eigenvalue weighted by Gasteiger charge is 2.60. The van der Waals surface area contributed by atoms with Crippen LogP contribution in [0.25, 0.3) is 0 Å². The SMILES string of the molecule is C=CCOC(=O)N[C@H](C(=O)N[C@@H](CCCNC(N)=O)C(=O)Nc1ccc(C[N+]2(C)[C@@H]3CC[C@@H](C3)[C@H]2C(=O)N[C@H](C(=O)N(C)[C@@H]([C@@H](C)CC)[C@@H](CC(=O)N2CCC[C@H]2[C@H](OC)[C@@H](C)C(=O)N[C@@H](Cc2ccccc2)C(=O)OC(C)(C)C)OC)C(C)C)c(CNC)c1)C(C)C.O=C([O-])C(F)(F)F. The van der Waals surface area contributed by atoms with E-state index in [1.165, 1.54) is 13.2 Å². The number of piperidine rings is 1. The topological polar surface area (TPSA) is 347 Å². The van der Waals surface area contributed by atoms with Crippen molar-refractivity contribution in [3.63, 3.8) is 0 Å². The lowest BCUT2D eigenvalue weighted by molar-refractivity contribution is -0.952. The number of nitrogens with two attached hydrogens (primary N) is 1. The number of primary amides is 1. The molecule has 1 saturated carbocycles. The van der Waals surface area contributed by atoms with Crippen LogP contribution in [0.1, 0.15) is 144 Å². The fraction of sp³-hybridized carbons (Fsp3) is 0.662. The number of halogens is 3. The largest absolute Gasteiger partial charge is 0.542 e. The number of anilines is 1. The zero-order chi connectivity index (χ0) is 75.1. The van der Waals surface area contributed by atoms with Gasteiger partial charge in [-0.25, -0.2) is 14.4 Å². The van der Waals surface area contributed by atoms with E-state index in [2.05, 4.69) is 50.8 Å². The first-order valence-corrected chi connectivity index (χ1v) is 34.4. The van der Waals surface area contributed by atoms with Gasteiger partial charge in [0.15, 0.2) is 6.04 Å². The lowest BCUT2D eigenvalue weighted by Gasteiger charge is -2.45. The summed E-state index contributed by atoms with van der Waals surface area (Å²) in [5.74, 6) is -7.36. The third-order valence-electron chi connectivity index (χ3n) is 19.1. The van der Waals surface area contributed by atoms with Gasteiger partial charge in [-0.15, -0.1) is 0 Å². The summed E-state index contributed by atoms with van der Waals surface area (Å²) in [6, 6.07) is 8.90. The van der Waals surface area contributed by atoms with E-state index < -0.39 is 114 Å². The molecule has 2 aromatic rings. The van der Waals surface area contributed by atoms with Crippen molar-refractivity contribution in [2.75, 3.05) is 60.4 Å². The molecule has 0 spiro atoms. The lowest BCUT2D eigenvalue weighted by atomic mass is 9.89. The Kier molecular flexibility index (Phi) is 32.8. The number of likely N-dealkylation sites (tertiary alicyclic amines) is 2. The third-order valence-corrected chi connectivity index (χ3v) is 19.1. The fourth-order valence-corrected chi connectivity index (χ4v) is 13.9. The summed E-state index contributed by atoms with van der Waals surface area (Å²) in [5.41, 5.74) is 7.66. The van der Waals surface area contributed by atoms with Crippen LogP contribution < -0.4 is 48.1 Å². The number of hydrogen-bond donors (Lipinski definition) is 8. The van der Waals surface area contributed by atoms with Crippen molar-refractivity contribution >= 4 is 65.2 Å². The quantitative estimate of drug-likeness (QED) is 0.0192. The number of nitrogens with one attached hydrogen (secondary N) is 7. The first-order valence-electron chi connectivity index (χ1n) is 34.4. The second kappa shape index (κ2) is 38.8. The number of quaternary nitrogens is 1. The van der Waals surface area contributed by atoms with Crippen molar-refractivity contribution in [3.8, 4) is 0 Å². The number of carboxylic acid groups (broad SMARTS) is 1. The number of likely N-dealkylation sites (N-methyl/N-ethyl adjacent to an activating group) is 2. The number of alkyl halides is 3. The van der Waals surface area contributed by atoms with Crippen molar-refractivity contribution in [2.24, 2.45) is 35.3 Å². The number of alkyl carbamates (subject to hydrolysis) is 1. The van der Waals surface area contributed by atoms with Crippen LogP contribution in [0, 0.1) is 29.6 Å². The van der Waals surface area contributed by atoms with Gasteiger partial charge in [-0.05, 0) is 107 Å². The number of carbonyl (C=O) groups is 10. The molecule has 560 valence electrons. The molecule has 1 unspecified atom stereocenters. The van der Waals surface area contributed by atoms with Gasteiger partial charge in [-0.1, -0.05) is 104 Å². The van der Waals surface area contributed by atoms with Crippen LogP contribution in [0.15, 0.2) is 61.2 Å². The molecule has 14 atom stereocenters. The molecule has 3 fully saturated rings. The molecular weight excluding hydrogens is 1300 g/mol. The summed E-state index contributed by atoms with van der Waals surface area (Å²) >= 11 is 0. The van der Waals surface area contributed by atoms with Crippen molar-refractivity contribution in [3.05, 3.63) is 77.9 Å². The minimum atomic E-state index is -5.19. The number of carbonyl (C=O) groups excluding carboxylic acids is 10. The molecular formula is C71H110F3N11O15. The number of amides is 9. The predicted molar refractivity (Wildman–Crippen MR) is 367 cm³/mol. The van der Waals surface area contributed by atoms with Crippen LogP contribution in [-0.4, -0.2) is 201 Å². The van der Waals surface area contributed by atoms with E-state index in [-0.39, 0.29) is 79.8 Å². The molecule has 2 aliphatic heterocycles. The van der Waals surface area contributed by atoms with E-state index in [0.29, 0.717) is 55.5 Å². The van der Waals surface area contributed by atoms with Crippen LogP contribution in [0.5, 0.6) is 0 Å². The minimum Gasteiger partial charge on any atom is -0.542 e. The highest BCUT2D eigenvalue weighted by Crippen LogP contribution is 2.48. The number of esters is 1. The Morgan fingerprint density at radius 2 is 1.48 bits per heavy atom. The van der Waals surface area contributed by atoms with Gasteiger partial charge in [-0.3, -0.25) is 28.8 Å². The molecule has 100 heavy (non-hydrogen) atoms. The molecule has 2 saturated heterocycles. The van der Waals surface area contributed by atoms with Crippen LogP contribution >= 0.6 is 0 Å². The van der Waals surface area contributed by atoms with Crippen molar-refractivity contribution in [1.29, 1.82) is 0 Å². The molecule has 9 N–H and O–H groups in total. The number of urea groups is 1.